The van der Waals surface area contributed by atoms with E-state index >= 15 is 4.39 Å². The first-order chi connectivity index (χ1) is 19.4. The summed E-state index contributed by atoms with van der Waals surface area (Å²) in [4.78, 5) is 10.2. The number of ether oxygens (including phenoxy) is 1. The summed E-state index contributed by atoms with van der Waals surface area (Å²) in [5.41, 5.74) is 6.63. The van der Waals surface area contributed by atoms with Crippen molar-refractivity contribution in [2.24, 2.45) is 0 Å². The minimum atomic E-state index is -0.503. The standard InChI is InChI=1S/C33H40F2N4O/c1-5-39(15-6-7-23-8-9-24-12-14-36-22(3)26(24)17-23)16-13-21(2)30-19-28-32(29(35)20-37-33(28)38-30)27-18-25(34)10-11-31(27)40-4/h8-11,17-22,36H,5-7,12-16H2,1-4H3,(H,37,38). The number of halogens is 2. The lowest BCUT2D eigenvalue weighted by atomic mass is 9.92. The van der Waals surface area contributed by atoms with E-state index in [1.54, 1.807) is 0 Å². The molecule has 0 spiro atoms. The van der Waals surface area contributed by atoms with Crippen LogP contribution in [-0.4, -0.2) is 48.2 Å². The molecule has 4 aromatic rings. The average Bonchev–Trinajstić information content (AvgIpc) is 3.39. The fraction of sp³-hybridized carbons (Fsp3) is 0.424. The predicted octanol–water partition coefficient (Wildman–Crippen LogP) is 7.17. The van der Waals surface area contributed by atoms with Crippen LogP contribution in [0.2, 0.25) is 0 Å². The number of hydrogen-bond donors (Lipinski definition) is 2. The summed E-state index contributed by atoms with van der Waals surface area (Å²) in [5.74, 6) is -0.300. The average molecular weight is 547 g/mol. The van der Waals surface area contributed by atoms with Crippen molar-refractivity contribution in [1.82, 2.24) is 20.2 Å². The van der Waals surface area contributed by atoms with Crippen molar-refractivity contribution in [2.45, 2.75) is 58.4 Å². The molecule has 212 valence electrons. The van der Waals surface area contributed by atoms with Gasteiger partial charge in [0.1, 0.15) is 23.0 Å². The summed E-state index contributed by atoms with van der Waals surface area (Å²) in [7, 11) is 1.50. The van der Waals surface area contributed by atoms with Crippen LogP contribution in [0.15, 0.2) is 48.7 Å². The van der Waals surface area contributed by atoms with Crippen LogP contribution in [0.4, 0.5) is 8.78 Å². The Morgan fingerprint density at radius 1 is 1.12 bits per heavy atom. The normalized spacial score (nSPS) is 15.9. The highest BCUT2D eigenvalue weighted by Crippen LogP contribution is 2.38. The van der Waals surface area contributed by atoms with E-state index in [1.165, 1.54) is 48.2 Å². The summed E-state index contributed by atoms with van der Waals surface area (Å²) in [5, 5.41) is 4.20. The molecule has 2 N–H and O–H groups in total. The van der Waals surface area contributed by atoms with Crippen molar-refractivity contribution in [2.75, 3.05) is 33.3 Å². The number of H-pyrrole nitrogens is 1. The third-order valence-corrected chi connectivity index (χ3v) is 8.38. The molecule has 0 aliphatic carbocycles. The van der Waals surface area contributed by atoms with Gasteiger partial charge in [-0.2, -0.15) is 0 Å². The summed E-state index contributed by atoms with van der Waals surface area (Å²) < 4.78 is 34.6. The van der Waals surface area contributed by atoms with Crippen LogP contribution in [0.5, 0.6) is 5.75 Å². The number of fused-ring (bicyclic) bond motifs is 2. The highest BCUT2D eigenvalue weighted by atomic mass is 19.1. The molecular weight excluding hydrogens is 506 g/mol. The first-order valence-corrected chi connectivity index (χ1v) is 14.5. The van der Waals surface area contributed by atoms with E-state index in [4.69, 9.17) is 4.74 Å². The van der Waals surface area contributed by atoms with Crippen LogP contribution in [0.1, 0.15) is 68.0 Å². The number of aromatic amines is 1. The third kappa shape index (κ3) is 6.06. The maximum atomic E-state index is 15.0. The summed E-state index contributed by atoms with van der Waals surface area (Å²) in [6, 6.07) is 13.5. The number of benzene rings is 2. The largest absolute Gasteiger partial charge is 0.496 e. The lowest BCUT2D eigenvalue weighted by molar-refractivity contribution is 0.274. The summed E-state index contributed by atoms with van der Waals surface area (Å²) >= 11 is 0. The van der Waals surface area contributed by atoms with Crippen molar-refractivity contribution in [3.05, 3.63) is 82.7 Å². The smallest absolute Gasteiger partial charge is 0.150 e. The fourth-order valence-corrected chi connectivity index (χ4v) is 5.92. The van der Waals surface area contributed by atoms with E-state index in [-0.39, 0.29) is 5.92 Å². The van der Waals surface area contributed by atoms with Crippen LogP contribution in [0.3, 0.4) is 0 Å². The number of nitrogens with zero attached hydrogens (tertiary/aromatic N) is 2. The number of aryl methyl sites for hydroxylation is 1. The second-order valence-corrected chi connectivity index (χ2v) is 11.0. The maximum absolute atomic E-state index is 15.0. The van der Waals surface area contributed by atoms with Gasteiger partial charge in [-0.1, -0.05) is 32.0 Å². The molecule has 3 heterocycles. The molecule has 2 atom stereocenters. The summed E-state index contributed by atoms with van der Waals surface area (Å²) in [6.45, 7) is 10.7. The van der Waals surface area contributed by atoms with Gasteiger partial charge >= 0.3 is 0 Å². The maximum Gasteiger partial charge on any atom is 0.150 e. The lowest BCUT2D eigenvalue weighted by Gasteiger charge is -2.25. The number of rotatable bonds is 11. The Balaban J connectivity index is 1.23. The predicted molar refractivity (Wildman–Crippen MR) is 158 cm³/mol. The molecule has 0 radical (unpaired) electrons. The van der Waals surface area contributed by atoms with E-state index in [1.807, 2.05) is 6.07 Å². The molecular formula is C33H40F2N4O. The number of pyridine rings is 1. The van der Waals surface area contributed by atoms with Crippen LogP contribution in [0.25, 0.3) is 22.2 Å². The zero-order valence-corrected chi connectivity index (χ0v) is 24.0. The fourth-order valence-electron chi connectivity index (χ4n) is 5.92. The van der Waals surface area contributed by atoms with Crippen molar-refractivity contribution in [3.63, 3.8) is 0 Å². The SMILES string of the molecule is CCN(CCCc1ccc2c(c1)C(C)NCC2)CCC(C)c1cc2c(-c3cc(F)ccc3OC)c(F)cnc2[nH]1. The Bertz CT molecular complexity index is 1470. The highest BCUT2D eigenvalue weighted by Gasteiger charge is 2.20. The molecule has 2 aromatic carbocycles. The molecule has 1 aliphatic rings. The third-order valence-electron chi connectivity index (χ3n) is 8.38. The molecule has 0 bridgehead atoms. The zero-order chi connectivity index (χ0) is 28.2. The van der Waals surface area contributed by atoms with Gasteiger partial charge in [-0.25, -0.2) is 13.8 Å². The van der Waals surface area contributed by atoms with Gasteiger partial charge in [0.2, 0.25) is 0 Å². The molecule has 0 saturated carbocycles. The van der Waals surface area contributed by atoms with Gasteiger partial charge in [0.05, 0.1) is 13.3 Å². The summed E-state index contributed by atoms with van der Waals surface area (Å²) in [6.07, 6.45) is 5.47. The lowest BCUT2D eigenvalue weighted by Crippen LogP contribution is -2.28. The van der Waals surface area contributed by atoms with Crippen LogP contribution >= 0.6 is 0 Å². The van der Waals surface area contributed by atoms with E-state index in [0.717, 1.165) is 57.6 Å². The van der Waals surface area contributed by atoms with Gasteiger partial charge in [-0.15, -0.1) is 0 Å². The molecule has 7 heteroatoms. The molecule has 0 amide bonds. The van der Waals surface area contributed by atoms with E-state index < -0.39 is 11.6 Å². The van der Waals surface area contributed by atoms with E-state index in [9.17, 15) is 4.39 Å². The monoisotopic (exact) mass is 546 g/mol. The quantitative estimate of drug-likeness (QED) is 0.209. The second-order valence-electron chi connectivity index (χ2n) is 11.0. The second kappa shape index (κ2) is 12.5. The Morgan fingerprint density at radius 3 is 2.77 bits per heavy atom. The van der Waals surface area contributed by atoms with Crippen LogP contribution < -0.4 is 10.1 Å². The first-order valence-electron chi connectivity index (χ1n) is 14.5. The van der Waals surface area contributed by atoms with Gasteiger partial charge in [0.15, 0.2) is 0 Å². The van der Waals surface area contributed by atoms with Gasteiger partial charge in [-0.3, -0.25) is 0 Å². The van der Waals surface area contributed by atoms with Gasteiger partial charge < -0.3 is 19.9 Å². The van der Waals surface area contributed by atoms with Crippen molar-refractivity contribution in [1.29, 1.82) is 0 Å². The van der Waals surface area contributed by atoms with Crippen LogP contribution in [0, 0.1) is 11.6 Å². The van der Waals surface area contributed by atoms with Gasteiger partial charge in [0, 0.05) is 28.2 Å². The number of aromatic nitrogens is 2. The number of methoxy groups -OCH3 is 1. The molecule has 0 saturated heterocycles. The van der Waals surface area contributed by atoms with Crippen molar-refractivity contribution < 1.29 is 13.5 Å². The molecule has 0 fully saturated rings. The zero-order valence-electron chi connectivity index (χ0n) is 24.0. The highest BCUT2D eigenvalue weighted by molar-refractivity contribution is 5.95. The molecule has 40 heavy (non-hydrogen) atoms. The van der Waals surface area contributed by atoms with Crippen LogP contribution in [-0.2, 0) is 12.8 Å². The Hall–Kier alpha value is -3.29. The Morgan fingerprint density at radius 2 is 1.98 bits per heavy atom. The number of hydrogen-bond acceptors (Lipinski definition) is 4. The minimum absolute atomic E-state index is 0.225. The van der Waals surface area contributed by atoms with E-state index in [0.29, 0.717) is 34.0 Å². The molecule has 1 aliphatic heterocycles. The Labute approximate surface area is 236 Å². The molecule has 5 nitrogen and oxygen atoms in total. The van der Waals surface area contributed by atoms with Crippen molar-refractivity contribution >= 4 is 11.0 Å². The van der Waals surface area contributed by atoms with Crippen molar-refractivity contribution in [3.8, 4) is 16.9 Å². The van der Waals surface area contributed by atoms with Gasteiger partial charge in [0.25, 0.3) is 0 Å². The Kier molecular flexibility index (Phi) is 8.81. The molecule has 2 aromatic heterocycles. The molecule has 2 unspecified atom stereocenters. The first kappa shape index (κ1) is 28.2. The van der Waals surface area contributed by atoms with E-state index in [2.05, 4.69) is 59.2 Å². The minimum Gasteiger partial charge on any atom is -0.496 e. The number of nitrogens with one attached hydrogen (secondary N) is 2. The molecule has 5 rings (SSSR count). The topological polar surface area (TPSA) is 53.2 Å². The van der Waals surface area contributed by atoms with Gasteiger partial charge in [-0.05, 0) is 106 Å².